The third kappa shape index (κ3) is 4.09. The van der Waals surface area contributed by atoms with Crippen LogP contribution in [0.25, 0.3) is 0 Å². The predicted octanol–water partition coefficient (Wildman–Crippen LogP) is 2.04. The fraction of sp³-hybridized carbons (Fsp3) is 0.417. The summed E-state index contributed by atoms with van der Waals surface area (Å²) in [5.74, 6) is 0.00873. The van der Waals surface area contributed by atoms with Gasteiger partial charge in [0.15, 0.2) is 0 Å². The summed E-state index contributed by atoms with van der Waals surface area (Å²) in [5, 5.41) is 12.3. The maximum Gasteiger partial charge on any atom is 0.251 e. The van der Waals surface area contributed by atoms with Gasteiger partial charge in [-0.25, -0.2) is 0 Å². The average molecular weight is 333 g/mol. The van der Waals surface area contributed by atoms with Crippen molar-refractivity contribution in [3.05, 3.63) is 33.4 Å². The highest BCUT2D eigenvalue weighted by Crippen LogP contribution is 2.07. The Hall–Kier alpha value is -0.620. The lowest BCUT2D eigenvalue weighted by atomic mass is 10.1. The van der Waals surface area contributed by atoms with Crippen LogP contribution >= 0.6 is 22.6 Å². The number of halogens is 1. The van der Waals surface area contributed by atoms with Gasteiger partial charge in [-0.05, 0) is 46.7 Å². The fourth-order valence-electron chi connectivity index (χ4n) is 1.16. The number of benzene rings is 1. The predicted molar refractivity (Wildman–Crippen MR) is 72.3 cm³/mol. The van der Waals surface area contributed by atoms with Crippen molar-refractivity contribution in [1.82, 2.24) is 5.32 Å². The molecule has 0 heterocycles. The number of carbonyl (C=O) groups excluding carboxylic acids is 1. The summed E-state index contributed by atoms with van der Waals surface area (Å²) >= 11 is 2.16. The van der Waals surface area contributed by atoms with Crippen LogP contribution < -0.4 is 5.32 Å². The lowest BCUT2D eigenvalue weighted by Gasteiger charge is -2.15. The van der Waals surface area contributed by atoms with Crippen molar-refractivity contribution < 1.29 is 9.90 Å². The molecule has 2 N–H and O–H groups in total. The molecule has 0 aliphatic rings. The van der Waals surface area contributed by atoms with Crippen molar-refractivity contribution in [2.45, 2.75) is 20.0 Å². The van der Waals surface area contributed by atoms with Crippen molar-refractivity contribution in [2.75, 3.05) is 6.54 Å². The highest BCUT2D eigenvalue weighted by atomic mass is 127. The largest absolute Gasteiger partial charge is 0.391 e. The Labute approximate surface area is 109 Å². The van der Waals surface area contributed by atoms with E-state index in [1.165, 1.54) is 0 Å². The topological polar surface area (TPSA) is 49.3 Å². The van der Waals surface area contributed by atoms with Crippen molar-refractivity contribution in [3.63, 3.8) is 0 Å². The number of hydrogen-bond acceptors (Lipinski definition) is 2. The monoisotopic (exact) mass is 333 g/mol. The number of carbonyl (C=O) groups is 1. The number of rotatable bonds is 4. The standard InChI is InChI=1S/C12H16INO2/c1-8(2)11(15)7-14-12(16)9-4-3-5-10(13)6-9/h3-6,8,11,15H,7H2,1-2H3,(H,14,16). The zero-order chi connectivity index (χ0) is 12.1. The lowest BCUT2D eigenvalue weighted by molar-refractivity contribution is 0.0871. The third-order valence-corrected chi connectivity index (χ3v) is 3.00. The first-order valence-electron chi connectivity index (χ1n) is 5.22. The quantitative estimate of drug-likeness (QED) is 0.829. The van der Waals surface area contributed by atoms with Crippen LogP contribution in [0.1, 0.15) is 24.2 Å². The number of amides is 1. The maximum atomic E-state index is 11.7. The minimum absolute atomic E-state index is 0.141. The Kier molecular flexibility index (Phi) is 5.21. The van der Waals surface area contributed by atoms with E-state index in [1.807, 2.05) is 32.0 Å². The number of hydrogen-bond donors (Lipinski definition) is 2. The summed E-state index contributed by atoms with van der Waals surface area (Å²) in [5.41, 5.74) is 0.628. The summed E-state index contributed by atoms with van der Waals surface area (Å²) in [6.45, 7) is 4.13. The molecule has 1 atom stereocenters. The van der Waals surface area contributed by atoms with Gasteiger partial charge in [-0.2, -0.15) is 0 Å². The molecule has 0 saturated carbocycles. The van der Waals surface area contributed by atoms with E-state index in [9.17, 15) is 9.90 Å². The number of aliphatic hydroxyl groups excluding tert-OH is 1. The third-order valence-electron chi connectivity index (χ3n) is 2.33. The molecular weight excluding hydrogens is 317 g/mol. The van der Waals surface area contributed by atoms with E-state index in [2.05, 4.69) is 27.9 Å². The van der Waals surface area contributed by atoms with Crippen LogP contribution in [0.4, 0.5) is 0 Å². The molecule has 16 heavy (non-hydrogen) atoms. The van der Waals surface area contributed by atoms with Crippen molar-refractivity contribution in [3.8, 4) is 0 Å². The average Bonchev–Trinajstić information content (AvgIpc) is 2.25. The van der Waals surface area contributed by atoms with Gasteiger partial charge in [-0.3, -0.25) is 4.79 Å². The molecule has 88 valence electrons. The second kappa shape index (κ2) is 6.20. The smallest absolute Gasteiger partial charge is 0.251 e. The maximum absolute atomic E-state index is 11.7. The lowest BCUT2D eigenvalue weighted by Crippen LogP contribution is -2.34. The van der Waals surface area contributed by atoms with Crippen molar-refractivity contribution >= 4 is 28.5 Å². The summed E-state index contributed by atoms with van der Waals surface area (Å²) in [4.78, 5) is 11.7. The highest BCUT2D eigenvalue weighted by Gasteiger charge is 2.11. The van der Waals surface area contributed by atoms with Gasteiger partial charge in [-0.15, -0.1) is 0 Å². The molecular formula is C12H16INO2. The van der Waals surface area contributed by atoms with Gasteiger partial charge in [0.25, 0.3) is 5.91 Å². The van der Waals surface area contributed by atoms with Gasteiger partial charge in [0.1, 0.15) is 0 Å². The fourth-order valence-corrected chi connectivity index (χ4v) is 1.71. The summed E-state index contributed by atoms with van der Waals surface area (Å²) in [6.07, 6.45) is -0.494. The van der Waals surface area contributed by atoms with Crippen LogP contribution in [0.3, 0.4) is 0 Å². The molecule has 1 rings (SSSR count). The zero-order valence-electron chi connectivity index (χ0n) is 9.40. The Morgan fingerprint density at radius 3 is 2.75 bits per heavy atom. The second-order valence-corrected chi connectivity index (χ2v) is 5.28. The van der Waals surface area contributed by atoms with Gasteiger partial charge in [-0.1, -0.05) is 19.9 Å². The first-order chi connectivity index (χ1) is 7.50. The summed E-state index contributed by atoms with van der Waals surface area (Å²) in [6, 6.07) is 7.35. The van der Waals surface area contributed by atoms with Crippen LogP contribution in [0.2, 0.25) is 0 Å². The minimum atomic E-state index is -0.494. The zero-order valence-corrected chi connectivity index (χ0v) is 11.6. The van der Waals surface area contributed by atoms with Gasteiger partial charge < -0.3 is 10.4 Å². The molecule has 0 saturated heterocycles. The molecule has 0 aliphatic heterocycles. The molecule has 0 aromatic heterocycles. The van der Waals surface area contributed by atoms with Crippen LogP contribution in [-0.4, -0.2) is 23.7 Å². The van der Waals surface area contributed by atoms with Gasteiger partial charge in [0.05, 0.1) is 6.10 Å². The van der Waals surface area contributed by atoms with E-state index in [1.54, 1.807) is 6.07 Å². The van der Waals surface area contributed by atoms with E-state index < -0.39 is 6.10 Å². The normalized spacial score (nSPS) is 12.6. The first kappa shape index (κ1) is 13.4. The van der Waals surface area contributed by atoms with E-state index >= 15 is 0 Å². The summed E-state index contributed by atoms with van der Waals surface area (Å²) in [7, 11) is 0. The van der Waals surface area contributed by atoms with E-state index in [0.29, 0.717) is 12.1 Å². The molecule has 1 amide bonds. The van der Waals surface area contributed by atoms with Gasteiger partial charge in [0.2, 0.25) is 0 Å². The number of aliphatic hydroxyl groups is 1. The van der Waals surface area contributed by atoms with E-state index in [-0.39, 0.29) is 11.8 Å². The SMILES string of the molecule is CC(C)C(O)CNC(=O)c1cccc(I)c1. The Morgan fingerprint density at radius 1 is 1.50 bits per heavy atom. The van der Waals surface area contributed by atoms with E-state index in [4.69, 9.17) is 0 Å². The Balaban J connectivity index is 2.53. The minimum Gasteiger partial charge on any atom is -0.391 e. The Bertz CT molecular complexity index is 366. The van der Waals surface area contributed by atoms with E-state index in [0.717, 1.165) is 3.57 Å². The van der Waals surface area contributed by atoms with Crippen LogP contribution in [-0.2, 0) is 0 Å². The molecule has 4 heteroatoms. The molecule has 1 aromatic carbocycles. The van der Waals surface area contributed by atoms with Crippen LogP contribution in [0.15, 0.2) is 24.3 Å². The van der Waals surface area contributed by atoms with Crippen molar-refractivity contribution in [2.24, 2.45) is 5.92 Å². The van der Waals surface area contributed by atoms with Gasteiger partial charge in [0, 0.05) is 15.7 Å². The molecule has 1 aromatic rings. The molecule has 0 spiro atoms. The molecule has 0 radical (unpaired) electrons. The first-order valence-corrected chi connectivity index (χ1v) is 6.30. The number of nitrogens with one attached hydrogen (secondary N) is 1. The summed E-state index contributed by atoms with van der Waals surface area (Å²) < 4.78 is 1.02. The molecule has 1 unspecified atom stereocenters. The van der Waals surface area contributed by atoms with Crippen molar-refractivity contribution in [1.29, 1.82) is 0 Å². The molecule has 0 bridgehead atoms. The molecule has 3 nitrogen and oxygen atoms in total. The Morgan fingerprint density at radius 2 is 2.19 bits per heavy atom. The highest BCUT2D eigenvalue weighted by molar-refractivity contribution is 14.1. The molecule has 0 aliphatic carbocycles. The second-order valence-electron chi connectivity index (χ2n) is 4.03. The van der Waals surface area contributed by atoms with Crippen LogP contribution in [0, 0.1) is 9.49 Å². The van der Waals surface area contributed by atoms with Crippen LogP contribution in [0.5, 0.6) is 0 Å². The van der Waals surface area contributed by atoms with Gasteiger partial charge >= 0.3 is 0 Å². The molecule has 0 fully saturated rings.